The normalized spacial score (nSPS) is 16.1. The maximum Gasteiger partial charge on any atom is 0.193 e. The van der Waals surface area contributed by atoms with Gasteiger partial charge in [-0.15, -0.1) is 24.0 Å². The fraction of sp³-hybridized carbons (Fsp3) is 0.435. The Morgan fingerprint density at radius 1 is 1.04 bits per heavy atom. The second-order valence-corrected chi connectivity index (χ2v) is 7.27. The average molecular weight is 493 g/mol. The van der Waals surface area contributed by atoms with Crippen LogP contribution in [0.4, 0.5) is 0 Å². The summed E-state index contributed by atoms with van der Waals surface area (Å²) in [6.07, 6.45) is 2.03. The number of rotatable bonds is 6. The molecule has 1 fully saturated rings. The monoisotopic (exact) mass is 493 g/mol. The highest BCUT2D eigenvalue weighted by atomic mass is 127. The number of benzene rings is 2. The molecule has 0 radical (unpaired) electrons. The van der Waals surface area contributed by atoms with E-state index in [1.54, 1.807) is 0 Å². The second-order valence-electron chi connectivity index (χ2n) is 7.27. The summed E-state index contributed by atoms with van der Waals surface area (Å²) in [6.45, 7) is 6.21. The molecular weight excluding hydrogens is 461 g/mol. The molecule has 0 atom stereocenters. The summed E-state index contributed by atoms with van der Waals surface area (Å²) >= 11 is 0. The van der Waals surface area contributed by atoms with Crippen LogP contribution in [0.5, 0.6) is 0 Å². The molecule has 0 saturated carbocycles. The Kier molecular flexibility index (Phi) is 9.25. The van der Waals surface area contributed by atoms with Gasteiger partial charge in [0.2, 0.25) is 0 Å². The van der Waals surface area contributed by atoms with E-state index in [2.05, 4.69) is 84.9 Å². The van der Waals surface area contributed by atoms with Crippen LogP contribution in [0.3, 0.4) is 0 Å². The minimum atomic E-state index is 0. The molecule has 0 aliphatic carbocycles. The number of aliphatic imine (C=N–C) groups is 1. The molecule has 1 heterocycles. The number of halogens is 1. The number of hydrogen-bond donors (Lipinski definition) is 1. The van der Waals surface area contributed by atoms with Crippen molar-refractivity contribution < 1.29 is 4.74 Å². The molecular formula is C23H32IN3O. The first kappa shape index (κ1) is 22.7. The SMILES string of the molecule is CCNC(=NCC1(c2ccccc2)CCOCC1)N(C)Cc1ccccc1.I. The number of guanidine groups is 1. The van der Waals surface area contributed by atoms with Crippen molar-refractivity contribution in [1.82, 2.24) is 10.2 Å². The molecule has 1 aliphatic rings. The Labute approximate surface area is 186 Å². The van der Waals surface area contributed by atoms with Gasteiger partial charge in [0.05, 0.1) is 6.54 Å². The molecule has 1 aliphatic heterocycles. The van der Waals surface area contributed by atoms with Crippen molar-refractivity contribution in [1.29, 1.82) is 0 Å². The van der Waals surface area contributed by atoms with Crippen LogP contribution in [0.1, 0.15) is 30.9 Å². The lowest BCUT2D eigenvalue weighted by Gasteiger charge is -2.37. The summed E-state index contributed by atoms with van der Waals surface area (Å²) in [5, 5.41) is 3.46. The molecule has 2 aromatic rings. The predicted octanol–water partition coefficient (Wildman–Crippen LogP) is 4.45. The standard InChI is InChI=1S/C23H31N3O.HI/c1-3-24-22(26(2)18-20-10-6-4-7-11-20)25-19-23(14-16-27-17-15-23)21-12-8-5-9-13-21;/h4-13H,3,14-19H2,1-2H3,(H,24,25);1H. The number of hydrogen-bond acceptors (Lipinski definition) is 2. The van der Waals surface area contributed by atoms with Crippen LogP contribution in [-0.4, -0.2) is 44.2 Å². The van der Waals surface area contributed by atoms with E-state index in [-0.39, 0.29) is 29.4 Å². The third-order valence-electron chi connectivity index (χ3n) is 5.33. The van der Waals surface area contributed by atoms with Crippen molar-refractivity contribution in [3.8, 4) is 0 Å². The molecule has 0 unspecified atom stereocenters. The lowest BCUT2D eigenvalue weighted by atomic mass is 9.74. The fourth-order valence-electron chi connectivity index (χ4n) is 3.72. The van der Waals surface area contributed by atoms with Crippen LogP contribution in [0, 0.1) is 0 Å². The quantitative estimate of drug-likeness (QED) is 0.367. The van der Waals surface area contributed by atoms with Gasteiger partial charge in [0.1, 0.15) is 0 Å². The van der Waals surface area contributed by atoms with E-state index in [1.165, 1.54) is 11.1 Å². The Bertz CT molecular complexity index is 715. The zero-order valence-corrected chi connectivity index (χ0v) is 19.3. The van der Waals surface area contributed by atoms with E-state index in [9.17, 15) is 0 Å². The average Bonchev–Trinajstić information content (AvgIpc) is 2.73. The topological polar surface area (TPSA) is 36.9 Å². The molecule has 152 valence electrons. The summed E-state index contributed by atoms with van der Waals surface area (Å²) in [4.78, 5) is 7.26. The van der Waals surface area contributed by atoms with Crippen molar-refractivity contribution in [2.75, 3.05) is 33.4 Å². The number of ether oxygens (including phenoxy) is 1. The Morgan fingerprint density at radius 3 is 2.25 bits per heavy atom. The van der Waals surface area contributed by atoms with Gasteiger partial charge in [-0.05, 0) is 30.9 Å². The molecule has 4 nitrogen and oxygen atoms in total. The lowest BCUT2D eigenvalue weighted by molar-refractivity contribution is 0.0530. The van der Waals surface area contributed by atoms with Crippen molar-refractivity contribution in [2.24, 2.45) is 4.99 Å². The third kappa shape index (κ3) is 5.95. The molecule has 1 N–H and O–H groups in total. The molecule has 0 aromatic heterocycles. The van der Waals surface area contributed by atoms with Crippen molar-refractivity contribution in [2.45, 2.75) is 31.7 Å². The van der Waals surface area contributed by atoms with Crippen LogP contribution in [0.15, 0.2) is 65.7 Å². The van der Waals surface area contributed by atoms with Gasteiger partial charge in [0, 0.05) is 38.8 Å². The first-order chi connectivity index (χ1) is 13.2. The van der Waals surface area contributed by atoms with Crippen LogP contribution in [0.25, 0.3) is 0 Å². The summed E-state index contributed by atoms with van der Waals surface area (Å²) in [7, 11) is 2.10. The van der Waals surface area contributed by atoms with Gasteiger partial charge in [-0.1, -0.05) is 60.7 Å². The largest absolute Gasteiger partial charge is 0.381 e. The highest BCUT2D eigenvalue weighted by molar-refractivity contribution is 14.0. The van der Waals surface area contributed by atoms with Gasteiger partial charge >= 0.3 is 0 Å². The molecule has 1 saturated heterocycles. The molecule has 5 heteroatoms. The highest BCUT2D eigenvalue weighted by Crippen LogP contribution is 2.35. The van der Waals surface area contributed by atoms with E-state index in [4.69, 9.17) is 9.73 Å². The first-order valence-electron chi connectivity index (χ1n) is 9.90. The van der Waals surface area contributed by atoms with Gasteiger partial charge in [-0.2, -0.15) is 0 Å². The minimum Gasteiger partial charge on any atom is -0.381 e. The first-order valence-corrected chi connectivity index (χ1v) is 9.90. The van der Waals surface area contributed by atoms with Crippen LogP contribution < -0.4 is 5.32 Å². The van der Waals surface area contributed by atoms with E-state index >= 15 is 0 Å². The van der Waals surface area contributed by atoms with Crippen LogP contribution in [-0.2, 0) is 16.7 Å². The van der Waals surface area contributed by atoms with E-state index < -0.39 is 0 Å². The molecule has 2 aromatic carbocycles. The summed E-state index contributed by atoms with van der Waals surface area (Å²) in [5.74, 6) is 0.961. The van der Waals surface area contributed by atoms with Crippen molar-refractivity contribution in [3.05, 3.63) is 71.8 Å². The van der Waals surface area contributed by atoms with Gasteiger partial charge in [-0.25, -0.2) is 0 Å². The zero-order valence-electron chi connectivity index (χ0n) is 16.9. The van der Waals surface area contributed by atoms with E-state index in [1.807, 2.05) is 0 Å². The van der Waals surface area contributed by atoms with Gasteiger partial charge in [-0.3, -0.25) is 4.99 Å². The molecule has 0 spiro atoms. The van der Waals surface area contributed by atoms with Gasteiger partial charge < -0.3 is 15.0 Å². The number of nitrogens with zero attached hydrogens (tertiary/aromatic N) is 2. The minimum absolute atomic E-state index is 0. The maximum absolute atomic E-state index is 5.65. The summed E-state index contributed by atoms with van der Waals surface area (Å²) in [5.41, 5.74) is 2.72. The van der Waals surface area contributed by atoms with Crippen molar-refractivity contribution >= 4 is 29.9 Å². The molecule has 0 bridgehead atoms. The van der Waals surface area contributed by atoms with Gasteiger partial charge in [0.25, 0.3) is 0 Å². The highest BCUT2D eigenvalue weighted by Gasteiger charge is 2.34. The smallest absolute Gasteiger partial charge is 0.193 e. The summed E-state index contributed by atoms with van der Waals surface area (Å²) < 4.78 is 5.65. The fourth-order valence-corrected chi connectivity index (χ4v) is 3.72. The van der Waals surface area contributed by atoms with E-state index in [0.717, 1.165) is 51.6 Å². The molecule has 0 amide bonds. The second kappa shape index (κ2) is 11.4. The third-order valence-corrected chi connectivity index (χ3v) is 5.33. The Hall–Kier alpha value is -1.60. The van der Waals surface area contributed by atoms with Crippen LogP contribution >= 0.6 is 24.0 Å². The lowest BCUT2D eigenvalue weighted by Crippen LogP contribution is -2.41. The van der Waals surface area contributed by atoms with Gasteiger partial charge in [0.15, 0.2) is 5.96 Å². The predicted molar refractivity (Wildman–Crippen MR) is 127 cm³/mol. The van der Waals surface area contributed by atoms with Crippen LogP contribution in [0.2, 0.25) is 0 Å². The molecule has 28 heavy (non-hydrogen) atoms. The zero-order chi connectivity index (χ0) is 19.0. The summed E-state index contributed by atoms with van der Waals surface area (Å²) in [6, 6.07) is 21.3. The van der Waals surface area contributed by atoms with Crippen molar-refractivity contribution in [3.63, 3.8) is 0 Å². The Morgan fingerprint density at radius 2 is 1.64 bits per heavy atom. The van der Waals surface area contributed by atoms with E-state index in [0.29, 0.717) is 0 Å². The maximum atomic E-state index is 5.65. The number of nitrogens with one attached hydrogen (secondary N) is 1. The molecule has 3 rings (SSSR count). The Balaban J connectivity index is 0.00000280.